The molecule has 0 spiro atoms. The van der Waals surface area contributed by atoms with Crippen LogP contribution in [0.2, 0.25) is 19.6 Å². The molecule has 90 valence electrons. The molecule has 16 heavy (non-hydrogen) atoms. The number of aliphatic hydroxyl groups is 1. The van der Waals surface area contributed by atoms with Crippen LogP contribution in [0.4, 0.5) is 0 Å². The molecule has 1 aromatic carbocycles. The molecule has 0 saturated carbocycles. The average molecular weight is 239 g/mol. The fourth-order valence-corrected chi connectivity index (χ4v) is 2.29. The zero-order valence-corrected chi connectivity index (χ0v) is 11.2. The molecular weight excluding hydrogens is 218 g/mol. The van der Waals surface area contributed by atoms with Crippen LogP contribution in [0.15, 0.2) is 24.3 Å². The standard InChI is InChI=1S/C12H21NO2Si/c1-16(2,3)15-11-6-4-10(5-7-11)12(13)8-9-14/h4-7,12,14H,8-9,13H2,1-3H3. The SMILES string of the molecule is C[Si](C)(C)Oc1ccc(C(N)CCO)cc1. The second-order valence-electron chi connectivity index (χ2n) is 4.90. The molecule has 1 unspecified atom stereocenters. The van der Waals surface area contributed by atoms with Crippen molar-refractivity contribution < 1.29 is 9.53 Å². The predicted molar refractivity (Wildman–Crippen MR) is 69.0 cm³/mol. The van der Waals surface area contributed by atoms with E-state index in [2.05, 4.69) is 19.6 Å². The predicted octanol–water partition coefficient (Wildman–Crippen LogP) is 2.28. The molecule has 0 heterocycles. The first-order valence-corrected chi connectivity index (χ1v) is 8.98. The molecule has 0 aromatic heterocycles. The van der Waals surface area contributed by atoms with Crippen molar-refractivity contribution in [3.63, 3.8) is 0 Å². The van der Waals surface area contributed by atoms with Crippen molar-refractivity contribution in [1.82, 2.24) is 0 Å². The Bertz CT molecular complexity index is 319. The highest BCUT2D eigenvalue weighted by atomic mass is 28.4. The topological polar surface area (TPSA) is 55.5 Å². The number of hydrogen-bond donors (Lipinski definition) is 2. The largest absolute Gasteiger partial charge is 0.544 e. The van der Waals surface area contributed by atoms with Gasteiger partial charge in [-0.1, -0.05) is 12.1 Å². The van der Waals surface area contributed by atoms with E-state index in [1.54, 1.807) is 0 Å². The fraction of sp³-hybridized carbons (Fsp3) is 0.500. The van der Waals surface area contributed by atoms with Crippen LogP contribution < -0.4 is 10.2 Å². The van der Waals surface area contributed by atoms with E-state index in [4.69, 9.17) is 15.3 Å². The lowest BCUT2D eigenvalue weighted by Crippen LogP contribution is -2.29. The average Bonchev–Trinajstić information content (AvgIpc) is 2.16. The van der Waals surface area contributed by atoms with Crippen LogP contribution >= 0.6 is 0 Å². The van der Waals surface area contributed by atoms with Crippen LogP contribution in [-0.4, -0.2) is 20.0 Å². The summed E-state index contributed by atoms with van der Waals surface area (Å²) in [6, 6.07) is 7.74. The highest BCUT2D eigenvalue weighted by Gasteiger charge is 2.16. The number of hydrogen-bond acceptors (Lipinski definition) is 3. The van der Waals surface area contributed by atoms with Crippen LogP contribution in [0.1, 0.15) is 18.0 Å². The van der Waals surface area contributed by atoms with Gasteiger partial charge in [0.25, 0.3) is 0 Å². The Balaban J connectivity index is 2.68. The van der Waals surface area contributed by atoms with Gasteiger partial charge in [-0.15, -0.1) is 0 Å². The van der Waals surface area contributed by atoms with E-state index >= 15 is 0 Å². The van der Waals surface area contributed by atoms with Crippen LogP contribution in [-0.2, 0) is 0 Å². The Morgan fingerprint density at radius 1 is 1.25 bits per heavy atom. The third-order valence-electron chi connectivity index (χ3n) is 2.17. The van der Waals surface area contributed by atoms with Gasteiger partial charge in [0, 0.05) is 12.6 Å². The summed E-state index contributed by atoms with van der Waals surface area (Å²) in [7, 11) is -1.53. The van der Waals surface area contributed by atoms with Crippen molar-refractivity contribution in [2.75, 3.05) is 6.61 Å². The molecule has 1 aromatic rings. The molecule has 0 radical (unpaired) electrons. The van der Waals surface area contributed by atoms with Gasteiger partial charge in [-0.2, -0.15) is 0 Å². The first-order chi connectivity index (χ1) is 7.42. The maximum Gasteiger partial charge on any atom is 0.242 e. The van der Waals surface area contributed by atoms with Crippen LogP contribution in [0.5, 0.6) is 5.75 Å². The van der Waals surface area contributed by atoms with Crippen LogP contribution in [0.3, 0.4) is 0 Å². The summed E-state index contributed by atoms with van der Waals surface area (Å²) < 4.78 is 5.85. The maximum absolute atomic E-state index is 8.81. The zero-order chi connectivity index (χ0) is 12.2. The number of nitrogens with two attached hydrogens (primary N) is 1. The Hall–Kier alpha value is -0.843. The van der Waals surface area contributed by atoms with Crippen molar-refractivity contribution in [3.05, 3.63) is 29.8 Å². The Morgan fingerprint density at radius 3 is 2.25 bits per heavy atom. The Kier molecular flexibility index (Phi) is 4.52. The van der Waals surface area contributed by atoms with Gasteiger partial charge in [0.05, 0.1) is 0 Å². The molecule has 0 bridgehead atoms. The highest BCUT2D eigenvalue weighted by molar-refractivity contribution is 6.70. The lowest BCUT2D eigenvalue weighted by atomic mass is 10.1. The molecule has 3 nitrogen and oxygen atoms in total. The summed E-state index contributed by atoms with van der Waals surface area (Å²) in [4.78, 5) is 0. The molecule has 0 fully saturated rings. The fourth-order valence-electron chi connectivity index (χ4n) is 1.44. The first-order valence-electron chi connectivity index (χ1n) is 5.58. The molecule has 0 aliphatic heterocycles. The molecule has 0 saturated heterocycles. The Morgan fingerprint density at radius 2 is 1.81 bits per heavy atom. The zero-order valence-electron chi connectivity index (χ0n) is 10.2. The summed E-state index contributed by atoms with van der Waals surface area (Å²) in [6.07, 6.45) is 0.591. The second-order valence-corrected chi connectivity index (χ2v) is 9.33. The van der Waals surface area contributed by atoms with Gasteiger partial charge in [-0.05, 0) is 43.8 Å². The third-order valence-corrected chi connectivity index (χ3v) is 3.02. The van der Waals surface area contributed by atoms with E-state index in [0.717, 1.165) is 11.3 Å². The highest BCUT2D eigenvalue weighted by Crippen LogP contribution is 2.20. The maximum atomic E-state index is 8.81. The second kappa shape index (κ2) is 5.47. The van der Waals surface area contributed by atoms with Gasteiger partial charge in [0.2, 0.25) is 8.32 Å². The van der Waals surface area contributed by atoms with E-state index in [9.17, 15) is 0 Å². The Labute approximate surface area is 98.4 Å². The van der Waals surface area contributed by atoms with Gasteiger partial charge in [-0.25, -0.2) is 0 Å². The summed E-state index contributed by atoms with van der Waals surface area (Å²) in [5, 5.41) is 8.81. The van der Waals surface area contributed by atoms with E-state index in [0.29, 0.717) is 6.42 Å². The van der Waals surface area contributed by atoms with E-state index in [1.807, 2.05) is 24.3 Å². The first kappa shape index (κ1) is 13.2. The summed E-state index contributed by atoms with van der Waals surface area (Å²) in [5.74, 6) is 0.902. The molecule has 0 aliphatic carbocycles. The molecule has 4 heteroatoms. The molecule has 0 amide bonds. The molecule has 1 atom stereocenters. The quantitative estimate of drug-likeness (QED) is 0.775. The molecule has 3 N–H and O–H groups in total. The number of benzene rings is 1. The number of aliphatic hydroxyl groups excluding tert-OH is 1. The molecule has 1 rings (SSSR count). The third kappa shape index (κ3) is 4.34. The van der Waals surface area contributed by atoms with E-state index in [-0.39, 0.29) is 12.6 Å². The lowest BCUT2D eigenvalue weighted by Gasteiger charge is -2.19. The van der Waals surface area contributed by atoms with Crippen molar-refractivity contribution in [2.24, 2.45) is 5.73 Å². The monoisotopic (exact) mass is 239 g/mol. The van der Waals surface area contributed by atoms with Gasteiger partial charge < -0.3 is 15.3 Å². The summed E-state index contributed by atoms with van der Waals surface area (Å²) >= 11 is 0. The van der Waals surface area contributed by atoms with Gasteiger partial charge in [-0.3, -0.25) is 0 Å². The van der Waals surface area contributed by atoms with E-state index < -0.39 is 8.32 Å². The minimum absolute atomic E-state index is 0.0917. The lowest BCUT2D eigenvalue weighted by molar-refractivity contribution is 0.276. The van der Waals surface area contributed by atoms with Crippen LogP contribution in [0.25, 0.3) is 0 Å². The smallest absolute Gasteiger partial charge is 0.242 e. The molecule has 0 aliphatic rings. The van der Waals surface area contributed by atoms with E-state index in [1.165, 1.54) is 0 Å². The van der Waals surface area contributed by atoms with Crippen molar-refractivity contribution in [2.45, 2.75) is 32.1 Å². The normalized spacial score (nSPS) is 13.6. The summed E-state index contributed by atoms with van der Waals surface area (Å²) in [6.45, 7) is 6.57. The van der Waals surface area contributed by atoms with Gasteiger partial charge in [0.1, 0.15) is 5.75 Å². The molecular formula is C12H21NO2Si. The minimum Gasteiger partial charge on any atom is -0.544 e. The van der Waals surface area contributed by atoms with Gasteiger partial charge in [0.15, 0.2) is 0 Å². The summed E-state index contributed by atoms with van der Waals surface area (Å²) in [5.41, 5.74) is 6.93. The van der Waals surface area contributed by atoms with Crippen molar-refractivity contribution >= 4 is 8.32 Å². The van der Waals surface area contributed by atoms with Crippen molar-refractivity contribution in [1.29, 1.82) is 0 Å². The number of rotatable bonds is 5. The van der Waals surface area contributed by atoms with Gasteiger partial charge >= 0.3 is 0 Å². The van der Waals surface area contributed by atoms with Crippen LogP contribution in [0, 0.1) is 0 Å². The van der Waals surface area contributed by atoms with Crippen molar-refractivity contribution in [3.8, 4) is 5.75 Å². The minimum atomic E-state index is -1.53.